The summed E-state index contributed by atoms with van der Waals surface area (Å²) in [5.41, 5.74) is 5.77. The minimum Gasteiger partial charge on any atom is -0.497 e. The van der Waals surface area contributed by atoms with E-state index in [1.165, 1.54) is 16.7 Å². The Morgan fingerprint density at radius 2 is 1.12 bits per heavy atom. The van der Waals surface area contributed by atoms with Gasteiger partial charge in [0.05, 0.1) is 19.2 Å². The van der Waals surface area contributed by atoms with Crippen LogP contribution in [0, 0.1) is 6.92 Å². The minimum absolute atomic E-state index is 0.00202. The molecule has 0 aliphatic heterocycles. The summed E-state index contributed by atoms with van der Waals surface area (Å²) in [4.78, 5) is 0. The van der Waals surface area contributed by atoms with E-state index in [4.69, 9.17) is 4.74 Å². The Morgan fingerprint density at radius 3 is 1.66 bits per heavy atom. The van der Waals surface area contributed by atoms with Crippen LogP contribution < -0.4 is 15.4 Å². The van der Waals surface area contributed by atoms with Crippen LogP contribution in [0.25, 0.3) is 0 Å². The predicted octanol–water partition coefficient (Wildman–Crippen LogP) is 7.77. The van der Waals surface area contributed by atoms with Crippen molar-refractivity contribution < 1.29 is 4.74 Å². The van der Waals surface area contributed by atoms with Crippen LogP contribution in [-0.4, -0.2) is 7.11 Å². The first-order valence-corrected chi connectivity index (χ1v) is 11.5. The highest BCUT2D eigenvalue weighted by Crippen LogP contribution is 2.36. The van der Waals surface area contributed by atoms with Gasteiger partial charge in [-0.2, -0.15) is 0 Å². The molecule has 162 valence electrons. The zero-order valence-corrected chi connectivity index (χ0v) is 19.8. The molecular weight excluding hydrogens is 460 g/mol. The number of benzene rings is 4. The molecule has 3 nitrogen and oxygen atoms in total. The van der Waals surface area contributed by atoms with Crippen molar-refractivity contribution in [1.29, 1.82) is 0 Å². The third-order valence-electron chi connectivity index (χ3n) is 5.51. The first kappa shape index (κ1) is 22.0. The Bertz CT molecular complexity index is 1110. The molecule has 0 amide bonds. The molecule has 4 rings (SSSR count). The highest BCUT2D eigenvalue weighted by Gasteiger charge is 2.25. The number of nitrogens with one attached hydrogen (secondary N) is 2. The lowest BCUT2D eigenvalue weighted by atomic mass is 9.92. The second-order valence-corrected chi connectivity index (χ2v) is 8.72. The first-order valence-electron chi connectivity index (χ1n) is 10.7. The van der Waals surface area contributed by atoms with Crippen LogP contribution in [0.5, 0.6) is 5.75 Å². The smallest absolute Gasteiger partial charge is 0.119 e. The number of hydrogen-bond donors (Lipinski definition) is 2. The SMILES string of the molecule is COc1ccc(N[C@@H](c2ccc(C)cc2)[C@@H](Nc2ccc(Br)cc2)c2ccccc2)cc1. The molecule has 0 saturated heterocycles. The van der Waals surface area contributed by atoms with Crippen molar-refractivity contribution in [2.24, 2.45) is 0 Å². The second kappa shape index (κ2) is 10.4. The lowest BCUT2D eigenvalue weighted by Crippen LogP contribution is -2.25. The lowest BCUT2D eigenvalue weighted by molar-refractivity contribution is 0.415. The lowest BCUT2D eigenvalue weighted by Gasteiger charge is -2.31. The minimum atomic E-state index is -0.00459. The zero-order valence-electron chi connectivity index (χ0n) is 18.3. The van der Waals surface area contributed by atoms with Gasteiger partial charge in [0.25, 0.3) is 0 Å². The summed E-state index contributed by atoms with van der Waals surface area (Å²) in [6.45, 7) is 2.12. The Kier molecular flexibility index (Phi) is 7.13. The van der Waals surface area contributed by atoms with Crippen molar-refractivity contribution in [1.82, 2.24) is 0 Å². The van der Waals surface area contributed by atoms with Gasteiger partial charge in [0, 0.05) is 15.8 Å². The summed E-state index contributed by atoms with van der Waals surface area (Å²) in [5, 5.41) is 7.54. The van der Waals surface area contributed by atoms with E-state index in [1.807, 2.05) is 12.1 Å². The number of anilines is 2. The molecule has 0 heterocycles. The molecule has 0 aliphatic carbocycles. The highest BCUT2D eigenvalue weighted by atomic mass is 79.9. The third kappa shape index (κ3) is 5.51. The molecular formula is C28H27BrN2O. The number of hydrogen-bond acceptors (Lipinski definition) is 3. The summed E-state index contributed by atoms with van der Waals surface area (Å²) in [5.74, 6) is 0.843. The molecule has 0 aromatic heterocycles. The largest absolute Gasteiger partial charge is 0.497 e. The van der Waals surface area contributed by atoms with Gasteiger partial charge in [0.2, 0.25) is 0 Å². The summed E-state index contributed by atoms with van der Waals surface area (Å²) < 4.78 is 6.39. The quantitative estimate of drug-likeness (QED) is 0.266. The predicted molar refractivity (Wildman–Crippen MR) is 137 cm³/mol. The standard InChI is InChI=1S/C28H27BrN2O/c1-20-8-10-22(11-9-20)28(31-25-16-18-26(32-2)19-17-25)27(21-6-4-3-5-7-21)30-24-14-12-23(29)13-15-24/h3-19,27-28,30-31H,1-2H3/t27-,28-/m0/s1. The maximum Gasteiger partial charge on any atom is 0.119 e. The summed E-state index contributed by atoms with van der Waals surface area (Å²) >= 11 is 3.53. The van der Waals surface area contributed by atoms with Crippen molar-refractivity contribution in [3.63, 3.8) is 0 Å². The Balaban J connectivity index is 1.75. The van der Waals surface area contributed by atoms with Crippen LogP contribution in [0.15, 0.2) is 108 Å². The summed E-state index contributed by atoms with van der Waals surface area (Å²) in [7, 11) is 1.69. The molecule has 0 aliphatic rings. The van der Waals surface area contributed by atoms with Gasteiger partial charge in [0.15, 0.2) is 0 Å². The molecule has 4 aromatic carbocycles. The van der Waals surface area contributed by atoms with Crippen LogP contribution in [0.3, 0.4) is 0 Å². The van der Waals surface area contributed by atoms with Gasteiger partial charge in [-0.15, -0.1) is 0 Å². The van der Waals surface area contributed by atoms with E-state index in [-0.39, 0.29) is 12.1 Å². The van der Waals surface area contributed by atoms with Crippen molar-refractivity contribution in [3.8, 4) is 5.75 Å². The van der Waals surface area contributed by atoms with Crippen LogP contribution in [0.1, 0.15) is 28.8 Å². The maximum atomic E-state index is 5.33. The normalized spacial score (nSPS) is 12.6. The molecule has 0 spiro atoms. The highest BCUT2D eigenvalue weighted by molar-refractivity contribution is 9.10. The molecule has 2 atom stereocenters. The monoisotopic (exact) mass is 486 g/mol. The van der Waals surface area contributed by atoms with Crippen LogP contribution in [0.4, 0.5) is 11.4 Å². The summed E-state index contributed by atoms with van der Waals surface area (Å²) in [6.07, 6.45) is 0. The zero-order chi connectivity index (χ0) is 22.3. The van der Waals surface area contributed by atoms with Crippen molar-refractivity contribution in [3.05, 3.63) is 124 Å². The average Bonchev–Trinajstić information content (AvgIpc) is 2.84. The molecule has 2 N–H and O–H groups in total. The molecule has 32 heavy (non-hydrogen) atoms. The number of aryl methyl sites for hydroxylation is 1. The number of methoxy groups -OCH3 is 1. The van der Waals surface area contributed by atoms with Crippen LogP contribution in [-0.2, 0) is 0 Å². The molecule has 0 saturated carbocycles. The fourth-order valence-corrected chi connectivity index (χ4v) is 4.01. The van der Waals surface area contributed by atoms with Gasteiger partial charge in [-0.25, -0.2) is 0 Å². The van der Waals surface area contributed by atoms with E-state index in [0.717, 1.165) is 21.6 Å². The summed E-state index contributed by atoms with van der Waals surface area (Å²) in [6, 6.07) is 35.7. The van der Waals surface area contributed by atoms with E-state index in [0.29, 0.717) is 0 Å². The Morgan fingerprint density at radius 1 is 0.625 bits per heavy atom. The molecule has 0 unspecified atom stereocenters. The molecule has 0 bridgehead atoms. The third-order valence-corrected chi connectivity index (χ3v) is 6.04. The van der Waals surface area contributed by atoms with E-state index in [2.05, 4.69) is 124 Å². The Hall–Kier alpha value is -3.24. The van der Waals surface area contributed by atoms with E-state index < -0.39 is 0 Å². The fraction of sp³-hybridized carbons (Fsp3) is 0.143. The van der Waals surface area contributed by atoms with E-state index >= 15 is 0 Å². The fourth-order valence-electron chi connectivity index (χ4n) is 3.74. The molecule has 4 aromatic rings. The maximum absolute atomic E-state index is 5.33. The number of rotatable bonds is 8. The van der Waals surface area contributed by atoms with Crippen molar-refractivity contribution in [2.45, 2.75) is 19.0 Å². The van der Waals surface area contributed by atoms with Crippen molar-refractivity contribution >= 4 is 27.3 Å². The second-order valence-electron chi connectivity index (χ2n) is 7.80. The van der Waals surface area contributed by atoms with Crippen molar-refractivity contribution in [2.75, 3.05) is 17.7 Å². The first-order chi connectivity index (χ1) is 15.6. The van der Waals surface area contributed by atoms with Gasteiger partial charge in [-0.05, 0) is 66.6 Å². The van der Waals surface area contributed by atoms with Gasteiger partial charge in [-0.1, -0.05) is 76.1 Å². The van der Waals surface area contributed by atoms with E-state index in [9.17, 15) is 0 Å². The van der Waals surface area contributed by atoms with E-state index in [1.54, 1.807) is 7.11 Å². The average molecular weight is 487 g/mol. The number of halogens is 1. The van der Waals surface area contributed by atoms with Gasteiger partial charge < -0.3 is 15.4 Å². The molecule has 0 fully saturated rings. The Labute approximate surface area is 198 Å². The molecule has 4 heteroatoms. The van der Waals surface area contributed by atoms with Gasteiger partial charge in [0.1, 0.15) is 5.75 Å². The van der Waals surface area contributed by atoms with Crippen LogP contribution >= 0.6 is 15.9 Å². The van der Waals surface area contributed by atoms with Gasteiger partial charge >= 0.3 is 0 Å². The number of ether oxygens (including phenoxy) is 1. The van der Waals surface area contributed by atoms with Gasteiger partial charge in [-0.3, -0.25) is 0 Å². The topological polar surface area (TPSA) is 33.3 Å². The molecule has 0 radical (unpaired) electrons. The van der Waals surface area contributed by atoms with Crippen LogP contribution in [0.2, 0.25) is 0 Å².